The van der Waals surface area contributed by atoms with E-state index < -0.39 is 23.6 Å². The molecule has 0 aliphatic rings. The molecular weight excluding hydrogens is 238 g/mol. The van der Waals surface area contributed by atoms with Crippen molar-refractivity contribution in [2.45, 2.75) is 45.6 Å². The highest BCUT2D eigenvalue weighted by Gasteiger charge is 2.16. The minimum atomic E-state index is -0.988. The molecule has 0 aromatic rings. The molecule has 0 rings (SSSR count). The first-order valence-electron chi connectivity index (χ1n) is 6.07. The predicted molar refractivity (Wildman–Crippen MR) is 66.3 cm³/mol. The Bertz CT molecular complexity index is 272. The fraction of sp³-hybridized carbons (Fsp3) is 0.833. The molecule has 0 saturated heterocycles. The van der Waals surface area contributed by atoms with Gasteiger partial charge in [0, 0.05) is 6.54 Å². The van der Waals surface area contributed by atoms with Crippen molar-refractivity contribution in [1.82, 2.24) is 5.32 Å². The van der Waals surface area contributed by atoms with Crippen molar-refractivity contribution in [2.75, 3.05) is 13.2 Å². The Morgan fingerprint density at radius 2 is 1.89 bits per heavy atom. The third-order valence-corrected chi connectivity index (χ3v) is 2.22. The topological polar surface area (TPSA) is 95.9 Å². The Morgan fingerprint density at radius 3 is 2.33 bits per heavy atom. The van der Waals surface area contributed by atoms with E-state index >= 15 is 0 Å². The highest BCUT2D eigenvalue weighted by atomic mass is 16.6. The van der Waals surface area contributed by atoms with Gasteiger partial charge in [-0.25, -0.2) is 4.79 Å². The average molecular weight is 261 g/mol. The van der Waals surface area contributed by atoms with Crippen molar-refractivity contribution in [1.29, 1.82) is 0 Å². The summed E-state index contributed by atoms with van der Waals surface area (Å²) in [7, 11) is 0. The van der Waals surface area contributed by atoms with Gasteiger partial charge in [-0.05, 0) is 33.6 Å². The molecule has 6 heteroatoms. The van der Waals surface area contributed by atoms with Crippen LogP contribution in [0.2, 0.25) is 0 Å². The molecule has 0 aliphatic carbocycles. The van der Waals surface area contributed by atoms with Gasteiger partial charge in [0.2, 0.25) is 0 Å². The second kappa shape index (κ2) is 7.92. The first kappa shape index (κ1) is 16.7. The zero-order valence-electron chi connectivity index (χ0n) is 11.2. The van der Waals surface area contributed by atoms with Crippen LogP contribution < -0.4 is 5.32 Å². The molecule has 0 spiro atoms. The van der Waals surface area contributed by atoms with E-state index in [0.717, 1.165) is 0 Å². The van der Waals surface area contributed by atoms with E-state index in [1.54, 1.807) is 20.8 Å². The second-order valence-electron chi connectivity index (χ2n) is 5.14. The van der Waals surface area contributed by atoms with Crippen molar-refractivity contribution in [3.8, 4) is 0 Å². The molecule has 0 unspecified atom stereocenters. The number of ether oxygens (including phenoxy) is 1. The third-order valence-electron chi connectivity index (χ3n) is 2.22. The number of carbonyl (C=O) groups excluding carboxylic acids is 1. The van der Waals surface area contributed by atoms with E-state index in [2.05, 4.69) is 5.32 Å². The molecule has 0 fully saturated rings. The second-order valence-corrected chi connectivity index (χ2v) is 5.14. The lowest BCUT2D eigenvalue weighted by molar-refractivity contribution is -0.143. The monoisotopic (exact) mass is 261 g/mol. The van der Waals surface area contributed by atoms with Crippen molar-refractivity contribution in [3.05, 3.63) is 0 Å². The highest BCUT2D eigenvalue weighted by molar-refractivity contribution is 5.70. The van der Waals surface area contributed by atoms with Crippen LogP contribution in [-0.4, -0.2) is 41.0 Å². The molecular formula is C12H23NO5. The SMILES string of the molecule is CC(C)(C)OC(=O)NCCCC[C@H](CO)C(=O)O. The summed E-state index contributed by atoms with van der Waals surface area (Å²) >= 11 is 0. The Hall–Kier alpha value is -1.30. The first-order chi connectivity index (χ1) is 8.26. The number of aliphatic hydroxyl groups excluding tert-OH is 1. The standard InChI is InChI=1S/C12H23NO5/c1-12(2,3)18-11(17)13-7-5-4-6-9(8-14)10(15)16/h9,14H,4-8H2,1-3H3,(H,13,17)(H,15,16)/t9-/m1/s1. The number of carboxylic acids is 1. The van der Waals surface area contributed by atoms with Crippen molar-refractivity contribution in [2.24, 2.45) is 5.92 Å². The van der Waals surface area contributed by atoms with E-state index in [9.17, 15) is 9.59 Å². The van der Waals surface area contributed by atoms with Gasteiger partial charge in [0.15, 0.2) is 0 Å². The van der Waals surface area contributed by atoms with Gasteiger partial charge < -0.3 is 20.3 Å². The summed E-state index contributed by atoms with van der Waals surface area (Å²) in [5.41, 5.74) is -0.518. The molecule has 106 valence electrons. The van der Waals surface area contributed by atoms with E-state index in [-0.39, 0.29) is 6.61 Å². The molecule has 0 saturated carbocycles. The number of hydrogen-bond donors (Lipinski definition) is 3. The van der Waals surface area contributed by atoms with Crippen LogP contribution >= 0.6 is 0 Å². The zero-order valence-corrected chi connectivity index (χ0v) is 11.2. The maximum Gasteiger partial charge on any atom is 0.407 e. The molecule has 1 atom stereocenters. The van der Waals surface area contributed by atoms with Crippen LogP contribution in [0.15, 0.2) is 0 Å². The van der Waals surface area contributed by atoms with Gasteiger partial charge in [-0.15, -0.1) is 0 Å². The summed E-state index contributed by atoms with van der Waals surface area (Å²) in [4.78, 5) is 21.9. The van der Waals surface area contributed by atoms with E-state index in [1.165, 1.54) is 0 Å². The summed E-state index contributed by atoms with van der Waals surface area (Å²) in [6.45, 7) is 5.43. The number of carbonyl (C=O) groups is 2. The van der Waals surface area contributed by atoms with E-state index in [0.29, 0.717) is 25.8 Å². The van der Waals surface area contributed by atoms with Gasteiger partial charge in [0.1, 0.15) is 5.60 Å². The molecule has 6 nitrogen and oxygen atoms in total. The van der Waals surface area contributed by atoms with Crippen LogP contribution in [0.1, 0.15) is 40.0 Å². The number of rotatable bonds is 7. The van der Waals surface area contributed by atoms with Crippen molar-refractivity contribution in [3.63, 3.8) is 0 Å². The lowest BCUT2D eigenvalue weighted by Gasteiger charge is -2.19. The number of alkyl carbamates (subject to hydrolysis) is 1. The van der Waals surface area contributed by atoms with Crippen LogP contribution in [-0.2, 0) is 9.53 Å². The number of aliphatic carboxylic acids is 1. The van der Waals surface area contributed by atoms with E-state index in [1.807, 2.05) is 0 Å². The molecule has 0 radical (unpaired) electrons. The minimum absolute atomic E-state index is 0.352. The number of unbranched alkanes of at least 4 members (excludes halogenated alkanes) is 1. The summed E-state index contributed by atoms with van der Waals surface area (Å²) in [5.74, 6) is -1.70. The summed E-state index contributed by atoms with van der Waals surface area (Å²) < 4.78 is 5.04. The highest BCUT2D eigenvalue weighted by Crippen LogP contribution is 2.08. The summed E-state index contributed by atoms with van der Waals surface area (Å²) in [5, 5.41) is 20.1. The Kier molecular flexibility index (Phi) is 7.35. The molecule has 0 aromatic carbocycles. The van der Waals surface area contributed by atoms with Gasteiger partial charge in [-0.3, -0.25) is 4.79 Å². The van der Waals surface area contributed by atoms with Gasteiger partial charge in [0.25, 0.3) is 0 Å². The first-order valence-corrected chi connectivity index (χ1v) is 6.07. The summed E-state index contributed by atoms with van der Waals surface area (Å²) in [6.07, 6.45) is 1.22. The maximum atomic E-state index is 11.3. The largest absolute Gasteiger partial charge is 0.481 e. The molecule has 0 bridgehead atoms. The Labute approximate surface area is 107 Å². The van der Waals surface area contributed by atoms with Gasteiger partial charge in [0.05, 0.1) is 12.5 Å². The molecule has 3 N–H and O–H groups in total. The minimum Gasteiger partial charge on any atom is -0.481 e. The average Bonchev–Trinajstić information content (AvgIpc) is 2.20. The Morgan fingerprint density at radius 1 is 1.28 bits per heavy atom. The zero-order chi connectivity index (χ0) is 14.2. The van der Waals surface area contributed by atoms with E-state index in [4.69, 9.17) is 14.9 Å². The predicted octanol–water partition coefficient (Wildman–Crippen LogP) is 1.37. The van der Waals surface area contributed by atoms with Gasteiger partial charge >= 0.3 is 12.1 Å². The summed E-state index contributed by atoms with van der Waals surface area (Å²) in [6, 6.07) is 0. The number of hydrogen-bond acceptors (Lipinski definition) is 4. The lowest BCUT2D eigenvalue weighted by atomic mass is 10.0. The maximum absolute atomic E-state index is 11.3. The van der Waals surface area contributed by atoms with Crippen LogP contribution in [0, 0.1) is 5.92 Å². The quantitative estimate of drug-likeness (QED) is 0.602. The third kappa shape index (κ3) is 8.81. The van der Waals surface area contributed by atoms with Crippen LogP contribution in [0.25, 0.3) is 0 Å². The molecule has 0 aromatic heterocycles. The Balaban J connectivity index is 3.62. The lowest BCUT2D eigenvalue weighted by Crippen LogP contribution is -2.33. The molecule has 1 amide bonds. The number of carboxylic acid groups (broad SMARTS) is 1. The fourth-order valence-electron chi connectivity index (χ4n) is 1.31. The van der Waals surface area contributed by atoms with Gasteiger partial charge in [-0.2, -0.15) is 0 Å². The van der Waals surface area contributed by atoms with Crippen LogP contribution in [0.5, 0.6) is 0 Å². The van der Waals surface area contributed by atoms with Crippen LogP contribution in [0.4, 0.5) is 4.79 Å². The smallest absolute Gasteiger partial charge is 0.407 e. The normalized spacial score (nSPS) is 12.9. The van der Waals surface area contributed by atoms with Crippen molar-refractivity contribution < 1.29 is 24.5 Å². The number of amides is 1. The van der Waals surface area contributed by atoms with Gasteiger partial charge in [-0.1, -0.05) is 6.42 Å². The fourth-order valence-corrected chi connectivity index (χ4v) is 1.31. The van der Waals surface area contributed by atoms with Crippen LogP contribution in [0.3, 0.4) is 0 Å². The molecule has 0 aliphatic heterocycles. The number of nitrogens with one attached hydrogen (secondary N) is 1. The molecule has 0 heterocycles. The molecule has 18 heavy (non-hydrogen) atoms. The number of aliphatic hydroxyl groups is 1. The van der Waals surface area contributed by atoms with Crippen molar-refractivity contribution >= 4 is 12.1 Å².